The van der Waals surface area contributed by atoms with E-state index in [0.29, 0.717) is 4.88 Å². The molecule has 3 N–H and O–H groups in total. The number of carboxylic acid groups (broad SMARTS) is 1. The Labute approximate surface area is 190 Å². The summed E-state index contributed by atoms with van der Waals surface area (Å²) < 4.78 is 0. The first-order valence-electron chi connectivity index (χ1n) is 11.4. The highest BCUT2D eigenvalue weighted by Gasteiger charge is 2.16. The number of benzene rings is 1. The van der Waals surface area contributed by atoms with Crippen molar-refractivity contribution in [1.82, 2.24) is 0 Å². The highest BCUT2D eigenvalue weighted by molar-refractivity contribution is 7.13. The molecule has 0 saturated carbocycles. The topological polar surface area (TPSA) is 77.8 Å². The molecule has 0 saturated heterocycles. The van der Waals surface area contributed by atoms with Gasteiger partial charge in [-0.25, -0.2) is 4.79 Å². The molecule has 1 atom stereocenters. The van der Waals surface area contributed by atoms with Crippen molar-refractivity contribution in [1.29, 1.82) is 0 Å². The van der Waals surface area contributed by atoms with Crippen molar-refractivity contribution in [2.75, 3.05) is 6.61 Å². The number of carbonyl (C=O) groups is 1. The van der Waals surface area contributed by atoms with Gasteiger partial charge in [-0.15, -0.1) is 11.3 Å². The first-order valence-corrected chi connectivity index (χ1v) is 12.2. The van der Waals surface area contributed by atoms with E-state index in [2.05, 4.69) is 26.0 Å². The molecule has 0 aliphatic heterocycles. The van der Waals surface area contributed by atoms with Crippen LogP contribution in [0, 0.1) is 0 Å². The fraction of sp³-hybridized carbons (Fsp3) is 0.500. The maximum atomic E-state index is 10.4. The fourth-order valence-corrected chi connectivity index (χ4v) is 4.81. The lowest BCUT2D eigenvalue weighted by molar-refractivity contribution is 0.0702. The molecule has 0 amide bonds. The number of carboxylic acids is 1. The average Bonchev–Trinajstić information content (AvgIpc) is 3.44. The monoisotopic (exact) mass is 444 g/mol. The van der Waals surface area contributed by atoms with Crippen LogP contribution in [-0.2, 0) is 6.42 Å². The van der Waals surface area contributed by atoms with Crippen molar-refractivity contribution in [2.24, 2.45) is 0 Å². The number of hydrogen-bond acceptors (Lipinski definition) is 4. The van der Waals surface area contributed by atoms with E-state index in [1.807, 2.05) is 18.2 Å². The number of thiophene rings is 1. The summed E-state index contributed by atoms with van der Waals surface area (Å²) in [5, 5.41) is 28.1. The van der Waals surface area contributed by atoms with Gasteiger partial charge in [-0.3, -0.25) is 0 Å². The maximum Gasteiger partial charge on any atom is 0.345 e. The summed E-state index contributed by atoms with van der Waals surface area (Å²) in [5.41, 5.74) is 4.70. The molecule has 170 valence electrons. The third-order valence-electron chi connectivity index (χ3n) is 5.62. The molecule has 1 aliphatic rings. The van der Waals surface area contributed by atoms with Crippen LogP contribution >= 0.6 is 11.3 Å². The summed E-state index contributed by atoms with van der Waals surface area (Å²) >= 11 is 1.37. The molecule has 1 aliphatic carbocycles. The molecule has 0 radical (unpaired) electrons. The number of rotatable bonds is 10. The third kappa shape index (κ3) is 7.91. The molecular weight excluding hydrogens is 408 g/mol. The minimum absolute atomic E-state index is 0.177. The summed E-state index contributed by atoms with van der Waals surface area (Å²) in [6.45, 7) is 4.44. The molecule has 1 aromatic carbocycles. The van der Waals surface area contributed by atoms with Gasteiger partial charge in [0, 0.05) is 4.88 Å². The lowest BCUT2D eigenvalue weighted by Crippen LogP contribution is -1.98. The first kappa shape index (κ1) is 25.3. The lowest BCUT2D eigenvalue weighted by Gasteiger charge is -2.12. The predicted octanol–water partition coefficient (Wildman–Crippen LogP) is 6.63. The Balaban J connectivity index is 0.000000262. The molecule has 0 spiro atoms. The molecule has 1 heterocycles. The minimum Gasteiger partial charge on any atom is -0.477 e. The highest BCUT2D eigenvalue weighted by atomic mass is 32.1. The normalized spacial score (nSPS) is 14.3. The van der Waals surface area contributed by atoms with E-state index < -0.39 is 5.97 Å². The van der Waals surface area contributed by atoms with Crippen LogP contribution in [0.2, 0.25) is 0 Å². The van der Waals surface area contributed by atoms with Crippen LogP contribution in [0.3, 0.4) is 0 Å². The van der Waals surface area contributed by atoms with Crippen molar-refractivity contribution < 1.29 is 20.1 Å². The number of unbranched alkanes of at least 4 members (excludes halogenated alkanes) is 2. The molecule has 0 bridgehead atoms. The van der Waals surface area contributed by atoms with Gasteiger partial charge in [0.1, 0.15) is 4.88 Å². The van der Waals surface area contributed by atoms with E-state index in [1.54, 1.807) is 6.07 Å². The summed E-state index contributed by atoms with van der Waals surface area (Å²) in [4.78, 5) is 12.0. The largest absolute Gasteiger partial charge is 0.477 e. The van der Waals surface area contributed by atoms with E-state index in [1.165, 1.54) is 40.9 Å². The maximum absolute atomic E-state index is 10.4. The van der Waals surface area contributed by atoms with E-state index >= 15 is 0 Å². The fourth-order valence-electron chi connectivity index (χ4n) is 3.86. The van der Waals surface area contributed by atoms with Crippen LogP contribution in [0.4, 0.5) is 0 Å². The van der Waals surface area contributed by atoms with Crippen molar-refractivity contribution >= 4 is 22.9 Å². The summed E-state index contributed by atoms with van der Waals surface area (Å²) in [7, 11) is 0. The second-order valence-corrected chi connectivity index (χ2v) is 9.22. The lowest BCUT2D eigenvalue weighted by atomic mass is 9.97. The smallest absolute Gasteiger partial charge is 0.345 e. The van der Waals surface area contributed by atoms with Crippen molar-refractivity contribution in [3.63, 3.8) is 0 Å². The van der Waals surface area contributed by atoms with Gasteiger partial charge in [-0.05, 0) is 66.5 Å². The molecule has 31 heavy (non-hydrogen) atoms. The van der Waals surface area contributed by atoms with Crippen LogP contribution in [0.15, 0.2) is 42.0 Å². The van der Waals surface area contributed by atoms with Crippen LogP contribution in [-0.4, -0.2) is 27.9 Å². The van der Waals surface area contributed by atoms with E-state index in [9.17, 15) is 15.0 Å². The summed E-state index contributed by atoms with van der Waals surface area (Å²) in [5.74, 6) is -0.822. The van der Waals surface area contributed by atoms with Crippen molar-refractivity contribution in [3.8, 4) is 0 Å². The quantitative estimate of drug-likeness (QED) is 0.359. The van der Waals surface area contributed by atoms with Gasteiger partial charge in [-0.2, -0.15) is 0 Å². The van der Waals surface area contributed by atoms with Crippen molar-refractivity contribution in [2.45, 2.75) is 77.7 Å². The number of aliphatic hydroxyl groups is 2. The van der Waals surface area contributed by atoms with Gasteiger partial charge in [0.15, 0.2) is 0 Å². The Bertz CT molecular complexity index is 835. The number of aryl methyl sites for hydroxylation is 1. The first-order chi connectivity index (χ1) is 15.0. The number of allylic oxidation sites excluding steroid dienone is 1. The van der Waals surface area contributed by atoms with Gasteiger partial charge in [0.05, 0.1) is 12.7 Å². The summed E-state index contributed by atoms with van der Waals surface area (Å²) in [6.07, 6.45) is 9.24. The number of aromatic carboxylic acids is 1. The molecule has 1 aromatic heterocycles. The zero-order valence-electron chi connectivity index (χ0n) is 18.8. The molecule has 0 fully saturated rings. The standard InChI is InChI=1S/C18H26O2.C8H10O2S/c1-2-3-4-8-18(20)15-11-9-14(10-12-15)17-7-5-6-16(17)13-19;1-2-3-6-4-5-7(11-6)8(9)10/h9-12,18-20H,2-8,13H2,1H3;4-5H,2-3H2,1H3,(H,9,10). The van der Waals surface area contributed by atoms with E-state index in [0.717, 1.165) is 55.4 Å². The van der Waals surface area contributed by atoms with Crippen molar-refractivity contribution in [3.05, 3.63) is 62.9 Å². The predicted molar refractivity (Wildman–Crippen MR) is 129 cm³/mol. The molecule has 4 nitrogen and oxygen atoms in total. The second kappa shape index (κ2) is 13.5. The molecule has 3 rings (SSSR count). The van der Waals surface area contributed by atoms with Gasteiger partial charge in [0.2, 0.25) is 0 Å². The van der Waals surface area contributed by atoms with Gasteiger partial charge >= 0.3 is 5.97 Å². The van der Waals surface area contributed by atoms with E-state index in [-0.39, 0.29) is 12.7 Å². The third-order valence-corrected chi connectivity index (χ3v) is 6.75. The second-order valence-electron chi connectivity index (χ2n) is 8.05. The Hall–Kier alpha value is -1.95. The summed E-state index contributed by atoms with van der Waals surface area (Å²) in [6, 6.07) is 11.8. The Morgan fingerprint density at radius 1 is 1.03 bits per heavy atom. The van der Waals surface area contributed by atoms with Crippen LogP contribution in [0.5, 0.6) is 0 Å². The zero-order chi connectivity index (χ0) is 22.6. The van der Waals surface area contributed by atoms with E-state index in [4.69, 9.17) is 5.11 Å². The Morgan fingerprint density at radius 2 is 1.77 bits per heavy atom. The highest BCUT2D eigenvalue weighted by Crippen LogP contribution is 2.34. The zero-order valence-corrected chi connectivity index (χ0v) is 19.6. The molecular formula is C26H36O4S. The molecule has 1 unspecified atom stereocenters. The van der Waals surface area contributed by atoms with Gasteiger partial charge in [0.25, 0.3) is 0 Å². The molecule has 2 aromatic rings. The van der Waals surface area contributed by atoms with Crippen LogP contribution < -0.4 is 0 Å². The average molecular weight is 445 g/mol. The van der Waals surface area contributed by atoms with Crippen LogP contribution in [0.25, 0.3) is 5.57 Å². The SMILES string of the molecule is CCCCCC(O)c1ccc(C2=C(CO)CCC2)cc1.CCCc1ccc(C(=O)O)s1. The van der Waals surface area contributed by atoms with Gasteiger partial charge in [-0.1, -0.05) is 63.8 Å². The Kier molecular flexibility index (Phi) is 11.0. The number of aliphatic hydroxyl groups excluding tert-OH is 2. The minimum atomic E-state index is -0.822. The van der Waals surface area contributed by atoms with Gasteiger partial charge < -0.3 is 15.3 Å². The van der Waals surface area contributed by atoms with Crippen LogP contribution in [0.1, 0.15) is 97.0 Å². The number of hydrogen-bond donors (Lipinski definition) is 3. The molecule has 5 heteroatoms. The Morgan fingerprint density at radius 3 is 2.35 bits per heavy atom.